The molecule has 1 saturated heterocycles. The number of rotatable bonds is 6. The highest BCUT2D eigenvalue weighted by molar-refractivity contribution is 7.12. The van der Waals surface area contributed by atoms with Gasteiger partial charge in [0, 0.05) is 32.7 Å². The molecule has 1 amide bonds. The maximum absolute atomic E-state index is 12.4. The lowest BCUT2D eigenvalue weighted by atomic mass is 9.86. The van der Waals surface area contributed by atoms with Crippen molar-refractivity contribution in [2.24, 2.45) is 0 Å². The van der Waals surface area contributed by atoms with Crippen LogP contribution in [-0.4, -0.2) is 66.2 Å². The number of aliphatic hydroxyl groups is 1. The van der Waals surface area contributed by atoms with E-state index in [-0.39, 0.29) is 17.9 Å². The average Bonchev–Trinajstić information content (AvgIpc) is 3.21. The predicted molar refractivity (Wildman–Crippen MR) is 113 cm³/mol. The summed E-state index contributed by atoms with van der Waals surface area (Å²) in [4.78, 5) is 17.3. The molecule has 3 rings (SSSR count). The van der Waals surface area contributed by atoms with E-state index < -0.39 is 6.10 Å². The lowest BCUT2D eigenvalue weighted by molar-refractivity contribution is 0.0403. The molecule has 0 radical (unpaired) electrons. The van der Waals surface area contributed by atoms with Gasteiger partial charge in [-0.15, -0.1) is 11.3 Å². The highest BCUT2D eigenvalue weighted by Gasteiger charge is 2.24. The average molecular weight is 403 g/mol. The summed E-state index contributed by atoms with van der Waals surface area (Å²) in [6, 6.07) is 11.8. The molecule has 1 N–H and O–H groups in total. The Morgan fingerprint density at radius 3 is 2.50 bits per heavy atom. The topological polar surface area (TPSA) is 53.0 Å². The first-order valence-corrected chi connectivity index (χ1v) is 10.7. The molecule has 5 nitrogen and oxygen atoms in total. The van der Waals surface area contributed by atoms with Gasteiger partial charge in [-0.2, -0.15) is 0 Å². The first kappa shape index (κ1) is 20.8. The molecular weight excluding hydrogens is 372 g/mol. The van der Waals surface area contributed by atoms with Gasteiger partial charge < -0.3 is 14.7 Å². The number of hydrogen-bond donors (Lipinski definition) is 1. The van der Waals surface area contributed by atoms with Crippen LogP contribution in [0.4, 0.5) is 0 Å². The van der Waals surface area contributed by atoms with Crippen LogP contribution >= 0.6 is 11.3 Å². The van der Waals surface area contributed by atoms with Crippen LogP contribution in [-0.2, 0) is 5.41 Å². The molecule has 1 atom stereocenters. The van der Waals surface area contributed by atoms with Crippen molar-refractivity contribution in [3.63, 3.8) is 0 Å². The van der Waals surface area contributed by atoms with Crippen molar-refractivity contribution < 1.29 is 14.6 Å². The Bertz CT molecular complexity index is 762. The summed E-state index contributed by atoms with van der Waals surface area (Å²) in [7, 11) is 0. The zero-order valence-corrected chi connectivity index (χ0v) is 17.7. The molecule has 1 aromatic carbocycles. The van der Waals surface area contributed by atoms with Gasteiger partial charge in [0.05, 0.1) is 4.88 Å². The van der Waals surface area contributed by atoms with E-state index >= 15 is 0 Å². The molecule has 0 bridgehead atoms. The van der Waals surface area contributed by atoms with Crippen molar-refractivity contribution in [2.45, 2.75) is 32.3 Å². The summed E-state index contributed by atoms with van der Waals surface area (Å²) in [5.74, 6) is 0.942. The van der Waals surface area contributed by atoms with Crippen LogP contribution < -0.4 is 4.74 Å². The van der Waals surface area contributed by atoms with Crippen molar-refractivity contribution in [1.82, 2.24) is 9.80 Å². The predicted octanol–water partition coefficient (Wildman–Crippen LogP) is 3.24. The molecule has 0 spiro atoms. The van der Waals surface area contributed by atoms with Gasteiger partial charge in [-0.3, -0.25) is 9.69 Å². The Morgan fingerprint density at radius 1 is 1.14 bits per heavy atom. The van der Waals surface area contributed by atoms with Crippen molar-refractivity contribution in [3.8, 4) is 5.75 Å². The molecule has 1 aliphatic rings. The highest BCUT2D eigenvalue weighted by Crippen LogP contribution is 2.31. The maximum atomic E-state index is 12.4. The van der Waals surface area contributed by atoms with Gasteiger partial charge in [0.25, 0.3) is 5.91 Å². The molecule has 152 valence electrons. The number of piperazine rings is 1. The molecule has 1 aromatic heterocycles. The number of β-amino-alcohol motifs (C(OH)–C–C–N with tert-alkyl or cyclic N) is 1. The van der Waals surface area contributed by atoms with Crippen molar-refractivity contribution in [3.05, 3.63) is 52.2 Å². The zero-order chi connectivity index (χ0) is 20.1. The number of carbonyl (C=O) groups excluding carboxylic acids is 1. The second-order valence-corrected chi connectivity index (χ2v) is 9.23. The largest absolute Gasteiger partial charge is 0.491 e. The minimum Gasteiger partial charge on any atom is -0.491 e. The van der Waals surface area contributed by atoms with E-state index in [1.54, 1.807) is 0 Å². The number of nitrogens with zero attached hydrogens (tertiary/aromatic N) is 2. The smallest absolute Gasteiger partial charge is 0.264 e. The number of para-hydroxylation sites is 1. The van der Waals surface area contributed by atoms with E-state index in [2.05, 4.69) is 31.7 Å². The minimum absolute atomic E-state index is 0.00697. The van der Waals surface area contributed by atoms with Gasteiger partial charge in [0.15, 0.2) is 0 Å². The van der Waals surface area contributed by atoms with Crippen molar-refractivity contribution >= 4 is 17.2 Å². The van der Waals surface area contributed by atoms with E-state index in [4.69, 9.17) is 4.74 Å². The summed E-state index contributed by atoms with van der Waals surface area (Å²) in [6.45, 7) is 10.2. The van der Waals surface area contributed by atoms with Gasteiger partial charge in [-0.1, -0.05) is 45.0 Å². The second-order valence-electron chi connectivity index (χ2n) is 8.28. The normalized spacial score (nSPS) is 16.8. The monoisotopic (exact) mass is 402 g/mol. The summed E-state index contributed by atoms with van der Waals surface area (Å²) in [6.07, 6.45) is -0.562. The fraction of sp³-hybridized carbons (Fsp3) is 0.500. The Morgan fingerprint density at radius 2 is 1.86 bits per heavy atom. The molecular formula is C22H30N2O3S. The van der Waals surface area contributed by atoms with Gasteiger partial charge in [0.1, 0.15) is 18.5 Å². The minimum atomic E-state index is -0.562. The Hall–Kier alpha value is -1.89. The quantitative estimate of drug-likeness (QED) is 0.806. The van der Waals surface area contributed by atoms with Crippen LogP contribution in [0.5, 0.6) is 5.75 Å². The molecule has 0 aliphatic carbocycles. The molecule has 2 heterocycles. The standard InChI is InChI=1S/C22H30N2O3S/c1-22(2,3)18-7-4-5-8-19(18)27-16-17(25)15-23-10-12-24(13-11-23)21(26)20-9-6-14-28-20/h4-9,14,17,25H,10-13,15-16H2,1-3H3. The summed E-state index contributed by atoms with van der Waals surface area (Å²) >= 11 is 1.48. The highest BCUT2D eigenvalue weighted by atomic mass is 32.1. The van der Waals surface area contributed by atoms with E-state index in [1.165, 1.54) is 11.3 Å². The lowest BCUT2D eigenvalue weighted by Crippen LogP contribution is -2.50. The zero-order valence-electron chi connectivity index (χ0n) is 16.9. The number of thiophene rings is 1. The van der Waals surface area contributed by atoms with Gasteiger partial charge in [-0.25, -0.2) is 0 Å². The Kier molecular flexibility index (Phi) is 6.75. The summed E-state index contributed by atoms with van der Waals surface area (Å²) < 4.78 is 5.94. The van der Waals surface area contributed by atoms with Gasteiger partial charge >= 0.3 is 0 Å². The molecule has 1 unspecified atom stereocenters. The fourth-order valence-electron chi connectivity index (χ4n) is 3.44. The molecule has 0 saturated carbocycles. The van der Waals surface area contributed by atoms with Crippen LogP contribution in [0.15, 0.2) is 41.8 Å². The van der Waals surface area contributed by atoms with Crippen LogP contribution in [0.25, 0.3) is 0 Å². The van der Waals surface area contributed by atoms with Crippen molar-refractivity contribution in [2.75, 3.05) is 39.3 Å². The maximum Gasteiger partial charge on any atom is 0.264 e. The number of benzene rings is 1. The van der Waals surface area contributed by atoms with Crippen LogP contribution in [0.1, 0.15) is 36.0 Å². The number of ether oxygens (including phenoxy) is 1. The van der Waals surface area contributed by atoms with E-state index in [0.717, 1.165) is 29.3 Å². The first-order chi connectivity index (χ1) is 13.3. The van der Waals surface area contributed by atoms with E-state index in [0.29, 0.717) is 19.6 Å². The molecule has 6 heteroatoms. The molecule has 28 heavy (non-hydrogen) atoms. The molecule has 2 aromatic rings. The Balaban J connectivity index is 1.45. The SMILES string of the molecule is CC(C)(C)c1ccccc1OCC(O)CN1CCN(C(=O)c2cccs2)CC1. The van der Waals surface area contributed by atoms with E-state index in [9.17, 15) is 9.90 Å². The fourth-order valence-corrected chi connectivity index (χ4v) is 4.13. The van der Waals surface area contributed by atoms with Crippen LogP contribution in [0.2, 0.25) is 0 Å². The number of aliphatic hydroxyl groups excluding tert-OH is 1. The number of hydrogen-bond acceptors (Lipinski definition) is 5. The van der Waals surface area contributed by atoms with Gasteiger partial charge in [-0.05, 0) is 28.5 Å². The third-order valence-electron chi connectivity index (χ3n) is 4.99. The van der Waals surface area contributed by atoms with Crippen molar-refractivity contribution in [1.29, 1.82) is 0 Å². The van der Waals surface area contributed by atoms with Crippen LogP contribution in [0.3, 0.4) is 0 Å². The number of carbonyl (C=O) groups is 1. The molecule has 1 fully saturated rings. The third kappa shape index (κ3) is 5.34. The van der Waals surface area contributed by atoms with E-state index in [1.807, 2.05) is 40.6 Å². The third-order valence-corrected chi connectivity index (χ3v) is 5.84. The first-order valence-electron chi connectivity index (χ1n) is 9.80. The molecule has 1 aliphatic heterocycles. The summed E-state index contributed by atoms with van der Waals surface area (Å²) in [5, 5.41) is 12.4. The van der Waals surface area contributed by atoms with Gasteiger partial charge in [0.2, 0.25) is 0 Å². The Labute approximate surface area is 171 Å². The lowest BCUT2D eigenvalue weighted by Gasteiger charge is -2.35. The number of amides is 1. The summed E-state index contributed by atoms with van der Waals surface area (Å²) in [5.41, 5.74) is 1.13. The van der Waals surface area contributed by atoms with Crippen LogP contribution in [0, 0.1) is 0 Å². The second kappa shape index (κ2) is 9.07.